The topological polar surface area (TPSA) is 75.4 Å². The van der Waals surface area contributed by atoms with Crippen LogP contribution in [0, 0.1) is 5.92 Å². The van der Waals surface area contributed by atoms with Crippen LogP contribution in [0.2, 0.25) is 0 Å². The van der Waals surface area contributed by atoms with E-state index in [-0.39, 0.29) is 10.6 Å². The van der Waals surface area contributed by atoms with Crippen molar-refractivity contribution in [3.05, 3.63) is 22.7 Å². The Kier molecular flexibility index (Phi) is 5.06. The van der Waals surface area contributed by atoms with Gasteiger partial charge in [-0.25, -0.2) is 13.1 Å². The Hall–Kier alpha value is -0.630. The Morgan fingerprint density at radius 3 is 2.65 bits per heavy atom. The number of likely N-dealkylation sites (tertiary alicyclic amines) is 1. The van der Waals surface area contributed by atoms with Crippen molar-refractivity contribution >= 4 is 31.6 Å². The SMILES string of the molecule is CN1CCC(CNS(=O)(=O)c2ccc(Br)cc2N)CC1. The van der Waals surface area contributed by atoms with Crippen molar-refractivity contribution in [2.45, 2.75) is 17.7 Å². The lowest BCUT2D eigenvalue weighted by molar-refractivity contribution is 0.220. The first-order valence-electron chi connectivity index (χ1n) is 6.62. The van der Waals surface area contributed by atoms with E-state index in [0.29, 0.717) is 12.5 Å². The second kappa shape index (κ2) is 6.43. The van der Waals surface area contributed by atoms with E-state index in [0.717, 1.165) is 30.4 Å². The second-order valence-electron chi connectivity index (χ2n) is 5.28. The van der Waals surface area contributed by atoms with E-state index in [4.69, 9.17) is 5.73 Å². The minimum atomic E-state index is -3.53. The summed E-state index contributed by atoms with van der Waals surface area (Å²) in [4.78, 5) is 2.41. The quantitative estimate of drug-likeness (QED) is 0.799. The lowest BCUT2D eigenvalue weighted by Crippen LogP contribution is -2.37. The highest BCUT2D eigenvalue weighted by atomic mass is 79.9. The molecule has 3 N–H and O–H groups in total. The Balaban J connectivity index is 2.00. The van der Waals surface area contributed by atoms with Crippen LogP contribution < -0.4 is 10.5 Å². The Morgan fingerprint density at radius 1 is 1.40 bits per heavy atom. The van der Waals surface area contributed by atoms with E-state index in [2.05, 4.69) is 32.6 Å². The highest BCUT2D eigenvalue weighted by Gasteiger charge is 2.21. The van der Waals surface area contributed by atoms with Gasteiger partial charge in [-0.2, -0.15) is 0 Å². The van der Waals surface area contributed by atoms with Gasteiger partial charge in [0.2, 0.25) is 10.0 Å². The summed E-state index contributed by atoms with van der Waals surface area (Å²) in [5, 5.41) is 0. The fourth-order valence-electron chi connectivity index (χ4n) is 2.34. The normalized spacial score (nSPS) is 18.3. The fourth-order valence-corrected chi connectivity index (χ4v) is 3.94. The third-order valence-corrected chi connectivity index (χ3v) is 5.65. The molecule has 20 heavy (non-hydrogen) atoms. The van der Waals surface area contributed by atoms with E-state index in [1.54, 1.807) is 12.1 Å². The molecule has 1 heterocycles. The van der Waals surface area contributed by atoms with Crippen LogP contribution in [0.5, 0.6) is 0 Å². The zero-order valence-corrected chi connectivity index (χ0v) is 13.9. The highest BCUT2D eigenvalue weighted by molar-refractivity contribution is 9.10. The molecule has 1 aliphatic rings. The van der Waals surface area contributed by atoms with Crippen LogP contribution in [0.1, 0.15) is 12.8 Å². The molecule has 0 aliphatic carbocycles. The molecule has 0 radical (unpaired) electrons. The van der Waals surface area contributed by atoms with Gasteiger partial charge in [0.1, 0.15) is 4.90 Å². The lowest BCUT2D eigenvalue weighted by atomic mass is 9.98. The molecule has 0 atom stereocenters. The van der Waals surface area contributed by atoms with Crippen LogP contribution in [0.25, 0.3) is 0 Å². The first kappa shape index (κ1) is 15.8. The minimum absolute atomic E-state index is 0.147. The van der Waals surface area contributed by atoms with Crippen molar-refractivity contribution in [2.24, 2.45) is 5.92 Å². The molecule has 1 aromatic rings. The van der Waals surface area contributed by atoms with Gasteiger partial charge in [0.15, 0.2) is 0 Å². The van der Waals surface area contributed by atoms with Crippen molar-refractivity contribution in [3.63, 3.8) is 0 Å². The first-order chi connectivity index (χ1) is 9.38. The summed E-state index contributed by atoms with van der Waals surface area (Å²) in [6.45, 7) is 2.52. The number of hydrogen-bond acceptors (Lipinski definition) is 4. The van der Waals surface area contributed by atoms with Gasteiger partial charge in [-0.3, -0.25) is 0 Å². The van der Waals surface area contributed by atoms with Crippen molar-refractivity contribution in [2.75, 3.05) is 32.4 Å². The molecule has 1 saturated heterocycles. The van der Waals surface area contributed by atoms with Gasteiger partial charge < -0.3 is 10.6 Å². The maximum Gasteiger partial charge on any atom is 0.242 e. The van der Waals surface area contributed by atoms with Crippen molar-refractivity contribution < 1.29 is 8.42 Å². The molecule has 5 nitrogen and oxygen atoms in total. The number of benzene rings is 1. The van der Waals surface area contributed by atoms with E-state index < -0.39 is 10.0 Å². The molecule has 1 aromatic carbocycles. The van der Waals surface area contributed by atoms with Gasteiger partial charge in [0.05, 0.1) is 5.69 Å². The van der Waals surface area contributed by atoms with Gasteiger partial charge in [0.25, 0.3) is 0 Å². The van der Waals surface area contributed by atoms with E-state index in [9.17, 15) is 8.42 Å². The molecule has 112 valence electrons. The van der Waals surface area contributed by atoms with Crippen LogP contribution >= 0.6 is 15.9 Å². The number of anilines is 1. The highest BCUT2D eigenvalue weighted by Crippen LogP contribution is 2.23. The third kappa shape index (κ3) is 3.94. The van der Waals surface area contributed by atoms with Crippen molar-refractivity contribution in [3.8, 4) is 0 Å². The van der Waals surface area contributed by atoms with Crippen LogP contribution in [-0.4, -0.2) is 40.0 Å². The molecule has 0 unspecified atom stereocenters. The van der Waals surface area contributed by atoms with Gasteiger partial charge >= 0.3 is 0 Å². The zero-order valence-electron chi connectivity index (χ0n) is 11.5. The molecule has 2 rings (SSSR count). The maximum absolute atomic E-state index is 12.3. The molecule has 0 aromatic heterocycles. The molecule has 1 aliphatic heterocycles. The van der Waals surface area contributed by atoms with Gasteiger partial charge in [-0.1, -0.05) is 15.9 Å². The van der Waals surface area contributed by atoms with E-state index in [1.165, 1.54) is 6.07 Å². The Morgan fingerprint density at radius 2 is 2.05 bits per heavy atom. The Labute approximate surface area is 128 Å². The van der Waals surface area contributed by atoms with Gasteiger partial charge in [-0.05, 0) is 57.1 Å². The average molecular weight is 362 g/mol. The van der Waals surface area contributed by atoms with Gasteiger partial charge in [-0.15, -0.1) is 0 Å². The molecule has 1 fully saturated rings. The molecule has 0 spiro atoms. The van der Waals surface area contributed by atoms with Crippen molar-refractivity contribution in [1.82, 2.24) is 9.62 Å². The summed E-state index contributed by atoms with van der Waals surface area (Å²) in [6.07, 6.45) is 2.05. The summed E-state index contributed by atoms with van der Waals surface area (Å²) in [5.41, 5.74) is 6.04. The van der Waals surface area contributed by atoms with E-state index in [1.807, 2.05) is 0 Å². The number of rotatable bonds is 4. The maximum atomic E-state index is 12.3. The number of piperidine rings is 1. The van der Waals surface area contributed by atoms with Crippen LogP contribution in [0.3, 0.4) is 0 Å². The molecule has 0 saturated carbocycles. The second-order valence-corrected chi connectivity index (χ2v) is 7.93. The molecular weight excluding hydrogens is 342 g/mol. The molecule has 7 heteroatoms. The van der Waals surface area contributed by atoms with Crippen LogP contribution in [0.4, 0.5) is 5.69 Å². The number of sulfonamides is 1. The molecule has 0 amide bonds. The van der Waals surface area contributed by atoms with Crippen molar-refractivity contribution in [1.29, 1.82) is 0 Å². The summed E-state index contributed by atoms with van der Waals surface area (Å²) >= 11 is 3.27. The van der Waals surface area contributed by atoms with E-state index >= 15 is 0 Å². The number of halogens is 1. The minimum Gasteiger partial charge on any atom is -0.398 e. The van der Waals surface area contributed by atoms with Crippen LogP contribution in [-0.2, 0) is 10.0 Å². The summed E-state index contributed by atoms with van der Waals surface area (Å²) in [5.74, 6) is 0.401. The number of nitrogen functional groups attached to an aromatic ring is 1. The number of nitrogens with zero attached hydrogens (tertiary/aromatic N) is 1. The first-order valence-corrected chi connectivity index (χ1v) is 8.89. The number of hydrogen-bond donors (Lipinski definition) is 2. The summed E-state index contributed by atoms with van der Waals surface area (Å²) in [6, 6.07) is 4.81. The third-order valence-electron chi connectivity index (χ3n) is 3.66. The summed E-state index contributed by atoms with van der Waals surface area (Å²) < 4.78 is 28.0. The molecular formula is C13H20BrN3O2S. The average Bonchev–Trinajstić information content (AvgIpc) is 2.37. The van der Waals surface area contributed by atoms with Gasteiger partial charge in [0, 0.05) is 11.0 Å². The zero-order chi connectivity index (χ0) is 14.8. The lowest BCUT2D eigenvalue weighted by Gasteiger charge is -2.28. The molecule has 0 bridgehead atoms. The fraction of sp³-hybridized carbons (Fsp3) is 0.538. The standard InChI is InChI=1S/C13H20BrN3O2S/c1-17-6-4-10(5-7-17)9-16-20(18,19)13-3-2-11(14)8-12(13)15/h2-3,8,10,16H,4-7,9,15H2,1H3. The van der Waals surface area contributed by atoms with Crippen LogP contribution in [0.15, 0.2) is 27.6 Å². The largest absolute Gasteiger partial charge is 0.398 e. The monoisotopic (exact) mass is 361 g/mol. The summed E-state index contributed by atoms with van der Waals surface area (Å²) in [7, 11) is -1.44. The number of nitrogens with two attached hydrogens (primary N) is 1. The number of nitrogens with one attached hydrogen (secondary N) is 1. The smallest absolute Gasteiger partial charge is 0.242 e. The Bertz CT molecular complexity index is 569. The predicted octanol–water partition coefficient (Wildman–Crippen LogP) is 1.65. The predicted molar refractivity (Wildman–Crippen MR) is 84.0 cm³/mol.